The number of hydrogen-bond donors (Lipinski definition) is 2. The number of aromatic nitrogens is 1. The molecule has 5 spiro atoms. The van der Waals surface area contributed by atoms with Gasteiger partial charge in [-0.15, -0.1) is 0 Å². The number of ether oxygens (including phenoxy) is 2. The third kappa shape index (κ3) is 3.39. The van der Waals surface area contributed by atoms with Crippen LogP contribution in [0.15, 0.2) is 36.4 Å². The van der Waals surface area contributed by atoms with Gasteiger partial charge in [0.2, 0.25) is 23.4 Å². The number of benzene rings is 2. The van der Waals surface area contributed by atoms with Crippen molar-refractivity contribution < 1.29 is 38.6 Å². The Balaban J connectivity index is 1.16. The summed E-state index contributed by atoms with van der Waals surface area (Å²) >= 11 is 0. The topological polar surface area (TPSA) is 160 Å². The first kappa shape index (κ1) is 38.3. The van der Waals surface area contributed by atoms with Gasteiger partial charge in [0.05, 0.1) is 28.2 Å². The third-order valence-electron chi connectivity index (χ3n) is 20.0. The van der Waals surface area contributed by atoms with E-state index in [1.54, 1.807) is 4.90 Å². The normalized spacial score (nSPS) is 40.5. The van der Waals surface area contributed by atoms with E-state index >= 15 is 24.4 Å². The summed E-state index contributed by atoms with van der Waals surface area (Å²) in [5, 5.41) is 33.8. The maximum Gasteiger partial charge on any atom is 0.251 e. The smallest absolute Gasteiger partial charge is 0.251 e. The summed E-state index contributed by atoms with van der Waals surface area (Å²) in [6.07, 6.45) is 10.8. The molecule has 4 amide bonds. The molecule has 9 saturated heterocycles. The Hall–Kier alpha value is -5.79. The van der Waals surface area contributed by atoms with Crippen molar-refractivity contribution in [2.75, 3.05) is 13.1 Å². The molecule has 4 bridgehead atoms. The van der Waals surface area contributed by atoms with Gasteiger partial charge in [-0.3, -0.25) is 19.2 Å². The number of piperidine rings is 4. The van der Waals surface area contributed by atoms with Gasteiger partial charge >= 0.3 is 0 Å². The maximum atomic E-state index is 16.8. The van der Waals surface area contributed by atoms with Gasteiger partial charge in [-0.1, -0.05) is 13.8 Å². The van der Waals surface area contributed by atoms with Crippen LogP contribution in [-0.4, -0.2) is 111 Å². The van der Waals surface area contributed by atoms with Crippen LogP contribution < -0.4 is 14.8 Å². The molecule has 14 nitrogen and oxygen atoms in total. The van der Waals surface area contributed by atoms with Crippen molar-refractivity contribution in [3.8, 4) is 11.5 Å². The largest absolute Gasteiger partial charge is 0.618 e. The van der Waals surface area contributed by atoms with Gasteiger partial charge in [0.1, 0.15) is 50.3 Å². The van der Waals surface area contributed by atoms with Crippen LogP contribution in [0, 0.1) is 22.5 Å². The summed E-state index contributed by atoms with van der Waals surface area (Å²) in [6, 6.07) is 6.54. The van der Waals surface area contributed by atoms with E-state index in [-0.39, 0.29) is 23.6 Å². The lowest BCUT2D eigenvalue weighted by Crippen LogP contribution is -2.93. The van der Waals surface area contributed by atoms with Crippen LogP contribution in [0.25, 0.3) is 23.1 Å². The number of fused-ring (bicyclic) bond motifs is 10. The van der Waals surface area contributed by atoms with Gasteiger partial charge in [-0.2, -0.15) is 9.47 Å². The van der Waals surface area contributed by atoms with E-state index in [4.69, 9.17) is 9.47 Å². The molecule has 0 radical (unpaired) electrons. The van der Waals surface area contributed by atoms with Crippen molar-refractivity contribution in [1.82, 2.24) is 24.7 Å². The van der Waals surface area contributed by atoms with E-state index in [0.717, 1.165) is 4.74 Å². The van der Waals surface area contributed by atoms with Crippen molar-refractivity contribution in [3.05, 3.63) is 69.6 Å². The van der Waals surface area contributed by atoms with E-state index in [1.807, 2.05) is 86.1 Å². The lowest BCUT2D eigenvalue weighted by Gasteiger charge is -2.70. The van der Waals surface area contributed by atoms with Crippen LogP contribution in [0.2, 0.25) is 0 Å². The fourth-order valence-corrected chi connectivity index (χ4v) is 18.0. The molecular formula is C52H54N6O8. The van der Waals surface area contributed by atoms with Crippen LogP contribution in [-0.2, 0) is 30.0 Å². The average molecular weight is 891 g/mol. The molecule has 66 heavy (non-hydrogen) atoms. The minimum atomic E-state index is -1.73. The fourth-order valence-electron chi connectivity index (χ4n) is 18.0. The molecule has 17 rings (SSSR count). The van der Waals surface area contributed by atoms with Crippen molar-refractivity contribution in [3.63, 3.8) is 0 Å². The molecular weight excluding hydrogens is 837 g/mol. The molecule has 12 aliphatic heterocycles. The molecule has 3 aromatic rings. The second-order valence-corrected chi connectivity index (χ2v) is 24.2. The quantitative estimate of drug-likeness (QED) is 0.163. The molecule has 1 saturated carbocycles. The molecule has 14 heteroatoms. The number of carbonyl (C=O) groups is 4. The lowest BCUT2D eigenvalue weighted by molar-refractivity contribution is -0.367. The number of piperazine rings is 2. The molecule has 14 aliphatic rings. The summed E-state index contributed by atoms with van der Waals surface area (Å²) < 4.78 is 15.5. The van der Waals surface area contributed by atoms with Crippen molar-refractivity contribution in [2.24, 2.45) is 17.3 Å². The zero-order chi connectivity index (χ0) is 45.8. The van der Waals surface area contributed by atoms with Gasteiger partial charge in [0.15, 0.2) is 5.71 Å². The average Bonchev–Trinajstić information content (AvgIpc) is 4.05. The third-order valence-corrected chi connectivity index (χ3v) is 20.0. The zero-order valence-corrected chi connectivity index (χ0v) is 38.6. The van der Waals surface area contributed by atoms with E-state index in [9.17, 15) is 5.21 Å². The number of hydrogen-bond acceptors (Lipinski definition) is 8. The summed E-state index contributed by atoms with van der Waals surface area (Å²) in [5.74, 6) is -1.92. The summed E-state index contributed by atoms with van der Waals surface area (Å²) in [7, 11) is 0. The zero-order valence-electron chi connectivity index (χ0n) is 38.6. The summed E-state index contributed by atoms with van der Waals surface area (Å²) in [5.41, 5.74) is -6.07. The lowest BCUT2D eigenvalue weighted by atomic mass is 9.39. The SMILES string of the molecule is CC1(C)C=Cc2c(ccc3c2[N+]([O-])=C2C(C)(C)[C@H]4CC56CCCN5C(=O)[C@@]4(NC6=O)[C@@H]4N5C(=O)[C@]67CCCN6C(=O)[C@@]56[C@H](C7)C(C)(C)c5c(c7ccc8c(c7n5O)C=CC(C)(C)O8)[C@H]6[C@]234)O1. The Labute approximate surface area is 381 Å². The highest BCUT2D eigenvalue weighted by atomic mass is 16.5. The van der Waals surface area contributed by atoms with Crippen molar-refractivity contribution in [2.45, 2.75) is 150 Å². The summed E-state index contributed by atoms with van der Waals surface area (Å²) in [6.45, 7) is 17.0. The molecule has 2 aliphatic carbocycles. The van der Waals surface area contributed by atoms with Crippen LogP contribution in [0.5, 0.6) is 11.5 Å². The highest BCUT2D eigenvalue weighted by Crippen LogP contribution is 2.81. The first-order chi connectivity index (χ1) is 31.1. The van der Waals surface area contributed by atoms with Gasteiger partial charge in [-0.05, 0) is 134 Å². The molecule has 2 aromatic carbocycles. The molecule has 1 aromatic heterocycles. The number of nitrogens with one attached hydrogen (secondary N) is 1. The van der Waals surface area contributed by atoms with Crippen LogP contribution in [0.4, 0.5) is 5.69 Å². The molecule has 1 unspecified atom stereocenters. The Morgan fingerprint density at radius 2 is 1.38 bits per heavy atom. The predicted octanol–water partition coefficient (Wildman–Crippen LogP) is 5.79. The van der Waals surface area contributed by atoms with Crippen molar-refractivity contribution >= 4 is 58.1 Å². The van der Waals surface area contributed by atoms with E-state index in [1.165, 1.54) is 4.73 Å². The molecule has 2 N–H and O–H groups in total. The number of nitrogens with zero attached hydrogens (tertiary/aromatic N) is 5. The Morgan fingerprint density at radius 3 is 2.09 bits per heavy atom. The standard InChI is InChI=1S/C52H54N6O8/c1-44(2)19-15-25-29(65-44)13-11-27-33-36-50-28-12-14-30-26(16-20-45(3,4)66-30)35(28)58(64)38(50)47(7,8)31-23-48-17-9-21-54(48)42(61)51(31,53-40(48)59)39(50)56-41(60)49-18-10-22-55(49)43(62)52(36,56)32(24-49)46(5,6)37(33)57(63)34(25)27/h11-16,19-20,31-32,36,39,63H,9-10,17-18,21-24H2,1-8H3,(H,53,59)/t31-,32-,36+,39-,48?,49-,50+,51+,52+/m1/s1. The molecule has 340 valence electrons. The van der Waals surface area contributed by atoms with Crippen LogP contribution >= 0.6 is 0 Å². The summed E-state index contributed by atoms with van der Waals surface area (Å²) in [4.78, 5) is 70.5. The highest BCUT2D eigenvalue weighted by molar-refractivity contribution is 6.18. The van der Waals surface area contributed by atoms with Gasteiger partial charge in [0, 0.05) is 52.8 Å². The van der Waals surface area contributed by atoms with Gasteiger partial charge in [-0.25, -0.2) is 0 Å². The number of carbonyl (C=O) groups excluding carboxylic acids is 4. The van der Waals surface area contributed by atoms with Gasteiger partial charge < -0.3 is 39.9 Å². The first-order valence-electron chi connectivity index (χ1n) is 24.1. The second kappa shape index (κ2) is 10.4. The Kier molecular flexibility index (Phi) is 6.01. The number of rotatable bonds is 0. The Morgan fingerprint density at radius 1 is 0.758 bits per heavy atom. The Bertz CT molecular complexity index is 3140. The minimum absolute atomic E-state index is 0.176. The van der Waals surface area contributed by atoms with E-state index < -0.39 is 73.4 Å². The molecule has 13 heterocycles. The van der Waals surface area contributed by atoms with E-state index in [2.05, 4.69) is 33.0 Å². The second-order valence-electron chi connectivity index (χ2n) is 24.2. The van der Waals surface area contributed by atoms with Crippen molar-refractivity contribution in [1.29, 1.82) is 0 Å². The number of amides is 4. The predicted molar refractivity (Wildman–Crippen MR) is 240 cm³/mol. The van der Waals surface area contributed by atoms with E-state index in [0.29, 0.717) is 113 Å². The van der Waals surface area contributed by atoms with Crippen LogP contribution in [0.1, 0.15) is 128 Å². The minimum Gasteiger partial charge on any atom is -0.618 e. The van der Waals surface area contributed by atoms with Crippen LogP contribution in [0.3, 0.4) is 0 Å². The maximum absolute atomic E-state index is 16.8. The molecule has 10 fully saturated rings. The van der Waals surface area contributed by atoms with Gasteiger partial charge in [0.25, 0.3) is 5.91 Å². The first-order valence-corrected chi connectivity index (χ1v) is 24.1. The monoisotopic (exact) mass is 890 g/mol. The molecule has 9 atom stereocenters. The highest BCUT2D eigenvalue weighted by Gasteiger charge is 2.95. The fraction of sp³-hybridized carbons (Fsp3) is 0.558.